The molecule has 0 aromatic carbocycles. The Kier molecular flexibility index (Phi) is 4.92. The maximum atomic E-state index is 12.4. The average Bonchev–Trinajstić information content (AvgIpc) is 3.01. The lowest BCUT2D eigenvalue weighted by Crippen LogP contribution is -2.52. The minimum Gasteiger partial charge on any atom is -0.462 e. The molecule has 0 saturated heterocycles. The Morgan fingerprint density at radius 3 is 2.64 bits per heavy atom. The first kappa shape index (κ1) is 19.7. The van der Waals surface area contributed by atoms with Crippen LogP contribution in [-0.4, -0.2) is 17.9 Å². The summed E-state index contributed by atoms with van der Waals surface area (Å²) in [5.41, 5.74) is 1.59. The van der Waals surface area contributed by atoms with Gasteiger partial charge in [0.15, 0.2) is 0 Å². The molecule has 4 heteroatoms. The number of ketones is 1. The molecule has 0 aliphatic heterocycles. The van der Waals surface area contributed by atoms with Crippen LogP contribution in [0.5, 0.6) is 0 Å². The predicted molar refractivity (Wildman–Crippen MR) is 106 cm³/mol. The molecule has 7 atom stereocenters. The van der Waals surface area contributed by atoms with E-state index in [-0.39, 0.29) is 34.6 Å². The Labute approximate surface area is 168 Å². The van der Waals surface area contributed by atoms with Gasteiger partial charge in [-0.25, -0.2) is 0 Å². The van der Waals surface area contributed by atoms with Crippen molar-refractivity contribution < 1.29 is 14.3 Å². The Balaban J connectivity index is 1.62. The second-order valence-electron chi connectivity index (χ2n) is 10.1. The maximum absolute atomic E-state index is 12.4. The molecule has 3 saturated carbocycles. The number of carbonyl (C=O) groups excluding carboxylic acids is 2. The fourth-order valence-corrected chi connectivity index (χ4v) is 7.87. The van der Waals surface area contributed by atoms with Crippen LogP contribution in [0.25, 0.3) is 0 Å². The number of Topliss-reactive ketones (excluding diaryl/α,β-unsaturated/α-hetero) is 1. The van der Waals surface area contributed by atoms with Crippen LogP contribution in [0, 0.1) is 45.8 Å². The number of esters is 1. The largest absolute Gasteiger partial charge is 0.462 e. The first-order chi connectivity index (χ1) is 13.3. The lowest BCUT2D eigenvalue weighted by atomic mass is 9.46. The first-order valence-corrected chi connectivity index (χ1v) is 11.1. The van der Waals surface area contributed by atoms with Gasteiger partial charge in [-0.2, -0.15) is 5.26 Å². The molecule has 0 N–H and O–H groups in total. The van der Waals surface area contributed by atoms with E-state index < -0.39 is 0 Å². The minimum absolute atomic E-state index is 0.0308. The molecule has 4 aliphatic rings. The number of carbonyl (C=O) groups is 2. The van der Waals surface area contributed by atoms with Crippen molar-refractivity contribution in [2.75, 3.05) is 0 Å². The summed E-state index contributed by atoms with van der Waals surface area (Å²) in [5, 5.41) is 9.58. The summed E-state index contributed by atoms with van der Waals surface area (Å²) < 4.78 is 5.53. The molecule has 3 fully saturated rings. The number of nitrogens with zero attached hydrogens (tertiary/aromatic N) is 1. The maximum Gasteiger partial charge on any atom is 0.302 e. The third-order valence-electron chi connectivity index (χ3n) is 9.01. The van der Waals surface area contributed by atoms with Gasteiger partial charge in [-0.15, -0.1) is 0 Å². The number of hydrogen-bond acceptors (Lipinski definition) is 4. The monoisotopic (exact) mass is 383 g/mol. The van der Waals surface area contributed by atoms with Gasteiger partial charge in [0.25, 0.3) is 0 Å². The van der Waals surface area contributed by atoms with Crippen molar-refractivity contribution >= 4 is 11.8 Å². The van der Waals surface area contributed by atoms with Gasteiger partial charge in [0, 0.05) is 25.7 Å². The highest BCUT2D eigenvalue weighted by atomic mass is 16.5. The van der Waals surface area contributed by atoms with Crippen LogP contribution in [-0.2, 0) is 14.3 Å². The van der Waals surface area contributed by atoms with Gasteiger partial charge in [-0.3, -0.25) is 9.59 Å². The van der Waals surface area contributed by atoms with Crippen LogP contribution >= 0.6 is 0 Å². The zero-order valence-corrected chi connectivity index (χ0v) is 17.5. The van der Waals surface area contributed by atoms with Crippen molar-refractivity contribution in [3.63, 3.8) is 0 Å². The molecule has 28 heavy (non-hydrogen) atoms. The molecule has 4 aliphatic carbocycles. The molecule has 4 rings (SSSR count). The lowest BCUT2D eigenvalue weighted by Gasteiger charge is -2.58. The summed E-state index contributed by atoms with van der Waals surface area (Å²) in [6, 6.07) is 2.45. The van der Waals surface area contributed by atoms with E-state index in [1.807, 2.05) is 0 Å². The van der Waals surface area contributed by atoms with Crippen LogP contribution in [0.2, 0.25) is 0 Å². The van der Waals surface area contributed by atoms with Crippen molar-refractivity contribution in [2.24, 2.45) is 34.5 Å². The molecule has 0 amide bonds. The van der Waals surface area contributed by atoms with Gasteiger partial charge in [0.1, 0.15) is 11.9 Å². The van der Waals surface area contributed by atoms with Crippen molar-refractivity contribution in [3.8, 4) is 6.07 Å². The number of fused-ring (bicyclic) bond motifs is 5. The highest BCUT2D eigenvalue weighted by molar-refractivity contribution is 5.79. The second kappa shape index (κ2) is 7.01. The van der Waals surface area contributed by atoms with Gasteiger partial charge in [-0.1, -0.05) is 18.6 Å². The Bertz CT molecular complexity index is 749. The van der Waals surface area contributed by atoms with Gasteiger partial charge in [-0.05, 0) is 80.5 Å². The van der Waals surface area contributed by atoms with E-state index >= 15 is 0 Å². The normalized spacial score (nSPS) is 44.4. The number of allylic oxidation sites excluding steroid dienone is 1. The van der Waals surface area contributed by atoms with Crippen LogP contribution in [0.3, 0.4) is 0 Å². The van der Waals surface area contributed by atoms with Crippen LogP contribution in [0.4, 0.5) is 0 Å². The quantitative estimate of drug-likeness (QED) is 0.509. The number of nitriles is 1. The van der Waals surface area contributed by atoms with E-state index in [1.54, 1.807) is 6.92 Å². The number of ether oxygens (including phenoxy) is 1. The van der Waals surface area contributed by atoms with E-state index in [1.165, 1.54) is 12.5 Å². The molecule has 0 spiro atoms. The van der Waals surface area contributed by atoms with Crippen molar-refractivity contribution in [2.45, 2.75) is 84.7 Å². The van der Waals surface area contributed by atoms with Gasteiger partial charge in [0.2, 0.25) is 0 Å². The molecule has 0 heterocycles. The Morgan fingerprint density at radius 2 is 1.96 bits per heavy atom. The van der Waals surface area contributed by atoms with Crippen LogP contribution < -0.4 is 0 Å². The van der Waals surface area contributed by atoms with Crippen molar-refractivity contribution in [1.82, 2.24) is 0 Å². The molecule has 0 unspecified atom stereocenters. The topological polar surface area (TPSA) is 67.2 Å². The highest BCUT2D eigenvalue weighted by Gasteiger charge is 2.61. The fraction of sp³-hybridized carbons (Fsp3) is 0.792. The molecular formula is C24H33NO3. The van der Waals surface area contributed by atoms with Crippen LogP contribution in [0.15, 0.2) is 11.6 Å². The summed E-state index contributed by atoms with van der Waals surface area (Å²) in [4.78, 5) is 23.8. The molecule has 0 bridgehead atoms. The minimum atomic E-state index is -0.178. The van der Waals surface area contributed by atoms with Gasteiger partial charge < -0.3 is 4.74 Å². The van der Waals surface area contributed by atoms with E-state index in [9.17, 15) is 14.9 Å². The molecule has 0 aromatic heterocycles. The van der Waals surface area contributed by atoms with E-state index in [0.717, 1.165) is 51.4 Å². The predicted octanol–water partition coefficient (Wildman–Crippen LogP) is 4.98. The summed E-state index contributed by atoms with van der Waals surface area (Å²) in [6.07, 6.45) is 11.2. The number of hydrogen-bond donors (Lipinski definition) is 0. The first-order valence-electron chi connectivity index (χ1n) is 11.1. The SMILES string of the molecule is CC(=O)O[C@H]1CC[C@@]2(C)C(=CC[C@H]3[C@@H]4CC[C@H](C(C)=O)[C@@]4(CC#N)CC[C@@H]32)C1. The van der Waals surface area contributed by atoms with Crippen molar-refractivity contribution in [3.05, 3.63) is 11.6 Å². The third kappa shape index (κ3) is 2.85. The lowest BCUT2D eigenvalue weighted by molar-refractivity contribution is -0.149. The standard InChI is InChI=1S/C24H33NO3/c1-15(26)20-6-7-22-19-5-4-17-14-18(28-16(2)27)8-10-23(17,3)21(19)9-11-24(20,22)12-13-25/h4,18-22H,5-12,14H2,1-3H3/t18-,19+,20+,21-,22-,23-,24-/m0/s1. The zero-order valence-electron chi connectivity index (χ0n) is 17.5. The zero-order chi connectivity index (χ0) is 20.1. The smallest absolute Gasteiger partial charge is 0.302 e. The number of rotatable bonds is 3. The van der Waals surface area contributed by atoms with E-state index in [4.69, 9.17) is 4.74 Å². The van der Waals surface area contributed by atoms with E-state index in [0.29, 0.717) is 24.2 Å². The summed E-state index contributed by atoms with van der Waals surface area (Å²) >= 11 is 0. The Morgan fingerprint density at radius 1 is 1.18 bits per heavy atom. The average molecular weight is 384 g/mol. The summed E-state index contributed by atoms with van der Waals surface area (Å²) in [7, 11) is 0. The summed E-state index contributed by atoms with van der Waals surface area (Å²) in [6.45, 7) is 5.66. The Hall–Kier alpha value is -1.63. The molecule has 152 valence electrons. The van der Waals surface area contributed by atoms with E-state index in [2.05, 4.69) is 19.1 Å². The molecule has 0 aromatic rings. The molecular weight excluding hydrogens is 350 g/mol. The second-order valence-corrected chi connectivity index (χ2v) is 10.1. The van der Waals surface area contributed by atoms with Gasteiger partial charge >= 0.3 is 5.97 Å². The third-order valence-corrected chi connectivity index (χ3v) is 9.01. The molecule has 0 radical (unpaired) electrons. The molecule has 4 nitrogen and oxygen atoms in total. The van der Waals surface area contributed by atoms with Crippen molar-refractivity contribution in [1.29, 1.82) is 5.26 Å². The highest BCUT2D eigenvalue weighted by Crippen LogP contribution is 2.67. The van der Waals surface area contributed by atoms with Gasteiger partial charge in [0.05, 0.1) is 6.07 Å². The fourth-order valence-electron chi connectivity index (χ4n) is 7.87. The van der Waals surface area contributed by atoms with Crippen LogP contribution in [0.1, 0.15) is 78.6 Å². The summed E-state index contributed by atoms with van der Waals surface area (Å²) in [5.74, 6) is 1.91.